The summed E-state index contributed by atoms with van der Waals surface area (Å²) in [6.07, 6.45) is 1.31. The standard InChI is InChI=1S/C10H9BrN2O2/c1-14-5-8-4-7(2-3-9(8)11)10-13-12-6-15-10/h2-4,6H,5H2,1H3. The SMILES string of the molecule is COCc1cc(-c2nnco2)ccc1Br. The number of aromatic nitrogens is 2. The van der Waals surface area contributed by atoms with Gasteiger partial charge in [0.25, 0.3) is 0 Å². The van der Waals surface area contributed by atoms with Crippen LogP contribution in [-0.2, 0) is 11.3 Å². The van der Waals surface area contributed by atoms with E-state index in [1.54, 1.807) is 7.11 Å². The van der Waals surface area contributed by atoms with Crippen molar-refractivity contribution in [1.82, 2.24) is 10.2 Å². The highest BCUT2D eigenvalue weighted by atomic mass is 79.9. The third kappa shape index (κ3) is 2.24. The van der Waals surface area contributed by atoms with Crippen molar-refractivity contribution in [2.24, 2.45) is 0 Å². The summed E-state index contributed by atoms with van der Waals surface area (Å²) in [7, 11) is 1.66. The summed E-state index contributed by atoms with van der Waals surface area (Å²) in [5.74, 6) is 0.514. The smallest absolute Gasteiger partial charge is 0.247 e. The normalized spacial score (nSPS) is 10.5. The second kappa shape index (κ2) is 4.55. The van der Waals surface area contributed by atoms with Crippen LogP contribution in [0.4, 0.5) is 0 Å². The lowest BCUT2D eigenvalue weighted by molar-refractivity contribution is 0.184. The van der Waals surface area contributed by atoms with Gasteiger partial charge in [0.1, 0.15) is 0 Å². The fourth-order valence-corrected chi connectivity index (χ4v) is 1.63. The molecule has 0 saturated carbocycles. The van der Waals surface area contributed by atoms with Crippen LogP contribution in [0.25, 0.3) is 11.5 Å². The van der Waals surface area contributed by atoms with Gasteiger partial charge in [0.05, 0.1) is 6.61 Å². The molecular formula is C10H9BrN2O2. The molecule has 0 unspecified atom stereocenters. The van der Waals surface area contributed by atoms with Crippen molar-refractivity contribution >= 4 is 15.9 Å². The van der Waals surface area contributed by atoms with Crippen LogP contribution in [0.3, 0.4) is 0 Å². The van der Waals surface area contributed by atoms with Gasteiger partial charge in [0.15, 0.2) is 0 Å². The molecule has 0 spiro atoms. The topological polar surface area (TPSA) is 48.2 Å². The number of hydrogen-bond acceptors (Lipinski definition) is 4. The van der Waals surface area contributed by atoms with Gasteiger partial charge < -0.3 is 9.15 Å². The molecule has 2 aromatic rings. The molecule has 78 valence electrons. The lowest BCUT2D eigenvalue weighted by Crippen LogP contribution is -1.90. The number of hydrogen-bond donors (Lipinski definition) is 0. The Morgan fingerprint density at radius 3 is 3.00 bits per heavy atom. The van der Waals surface area contributed by atoms with E-state index in [0.29, 0.717) is 12.5 Å². The molecule has 15 heavy (non-hydrogen) atoms. The molecule has 1 aromatic heterocycles. The molecule has 5 heteroatoms. The van der Waals surface area contributed by atoms with E-state index in [1.165, 1.54) is 6.39 Å². The van der Waals surface area contributed by atoms with E-state index in [1.807, 2.05) is 18.2 Å². The summed E-state index contributed by atoms with van der Waals surface area (Å²) in [4.78, 5) is 0. The molecule has 4 nitrogen and oxygen atoms in total. The van der Waals surface area contributed by atoms with E-state index >= 15 is 0 Å². The Kier molecular flexibility index (Phi) is 3.13. The van der Waals surface area contributed by atoms with E-state index in [0.717, 1.165) is 15.6 Å². The predicted octanol–water partition coefficient (Wildman–Crippen LogP) is 2.65. The largest absolute Gasteiger partial charge is 0.423 e. The third-order valence-corrected chi connectivity index (χ3v) is 2.73. The first kappa shape index (κ1) is 10.3. The zero-order chi connectivity index (χ0) is 10.7. The van der Waals surface area contributed by atoms with Gasteiger partial charge in [-0.15, -0.1) is 10.2 Å². The van der Waals surface area contributed by atoms with Gasteiger partial charge in [0, 0.05) is 17.1 Å². The predicted molar refractivity (Wildman–Crippen MR) is 58.1 cm³/mol. The number of nitrogens with zero attached hydrogens (tertiary/aromatic N) is 2. The molecule has 1 heterocycles. The number of rotatable bonds is 3. The first-order valence-electron chi connectivity index (χ1n) is 4.35. The minimum atomic E-state index is 0.514. The van der Waals surface area contributed by atoms with Crippen molar-refractivity contribution in [2.75, 3.05) is 7.11 Å². The fourth-order valence-electron chi connectivity index (χ4n) is 1.27. The van der Waals surface area contributed by atoms with E-state index in [2.05, 4.69) is 26.1 Å². The first-order chi connectivity index (χ1) is 7.31. The average molecular weight is 269 g/mol. The molecule has 0 amide bonds. The molecule has 0 N–H and O–H groups in total. The lowest BCUT2D eigenvalue weighted by atomic mass is 10.1. The minimum Gasteiger partial charge on any atom is -0.423 e. The molecule has 0 fully saturated rings. The second-order valence-corrected chi connectivity index (χ2v) is 3.84. The van der Waals surface area contributed by atoms with E-state index in [4.69, 9.17) is 9.15 Å². The summed E-state index contributed by atoms with van der Waals surface area (Å²) < 4.78 is 11.2. The summed E-state index contributed by atoms with van der Waals surface area (Å²) >= 11 is 3.45. The van der Waals surface area contributed by atoms with Crippen LogP contribution >= 0.6 is 15.9 Å². The van der Waals surface area contributed by atoms with Gasteiger partial charge in [-0.05, 0) is 23.8 Å². The van der Waals surface area contributed by atoms with Crippen molar-refractivity contribution in [1.29, 1.82) is 0 Å². The van der Waals surface area contributed by atoms with Crippen molar-refractivity contribution in [3.8, 4) is 11.5 Å². The van der Waals surface area contributed by atoms with E-state index in [9.17, 15) is 0 Å². The number of benzene rings is 1. The summed E-state index contributed by atoms with van der Waals surface area (Å²) in [6.45, 7) is 0.544. The Morgan fingerprint density at radius 2 is 2.33 bits per heavy atom. The van der Waals surface area contributed by atoms with E-state index in [-0.39, 0.29) is 0 Å². The number of methoxy groups -OCH3 is 1. The first-order valence-corrected chi connectivity index (χ1v) is 5.14. The monoisotopic (exact) mass is 268 g/mol. The van der Waals surface area contributed by atoms with Gasteiger partial charge in [-0.25, -0.2) is 0 Å². The van der Waals surface area contributed by atoms with Crippen LogP contribution in [0, 0.1) is 0 Å². The molecule has 0 bridgehead atoms. The zero-order valence-corrected chi connectivity index (χ0v) is 9.69. The molecule has 0 aliphatic heterocycles. The maximum atomic E-state index is 5.11. The minimum absolute atomic E-state index is 0.514. The fraction of sp³-hybridized carbons (Fsp3) is 0.200. The molecular weight excluding hydrogens is 260 g/mol. The number of ether oxygens (including phenoxy) is 1. The molecule has 2 rings (SSSR count). The third-order valence-electron chi connectivity index (χ3n) is 1.95. The van der Waals surface area contributed by atoms with Crippen LogP contribution in [-0.4, -0.2) is 17.3 Å². The van der Waals surface area contributed by atoms with Crippen LogP contribution in [0.15, 0.2) is 33.5 Å². The highest BCUT2D eigenvalue weighted by Gasteiger charge is 2.06. The Labute approximate surface area is 95.4 Å². The second-order valence-electron chi connectivity index (χ2n) is 2.98. The summed E-state index contributed by atoms with van der Waals surface area (Å²) in [5.41, 5.74) is 1.94. The Morgan fingerprint density at radius 1 is 1.47 bits per heavy atom. The van der Waals surface area contributed by atoms with Crippen LogP contribution in [0.1, 0.15) is 5.56 Å². The van der Waals surface area contributed by atoms with Crippen molar-refractivity contribution in [3.05, 3.63) is 34.6 Å². The maximum absolute atomic E-state index is 5.11. The van der Waals surface area contributed by atoms with Gasteiger partial charge in [0.2, 0.25) is 12.3 Å². The maximum Gasteiger partial charge on any atom is 0.247 e. The molecule has 0 aliphatic rings. The quantitative estimate of drug-likeness (QED) is 0.859. The lowest BCUT2D eigenvalue weighted by Gasteiger charge is -2.04. The molecule has 1 aromatic carbocycles. The summed E-state index contributed by atoms with van der Waals surface area (Å²) in [5, 5.41) is 7.48. The average Bonchev–Trinajstić information content (AvgIpc) is 2.75. The number of halogens is 1. The van der Waals surface area contributed by atoms with E-state index < -0.39 is 0 Å². The highest BCUT2D eigenvalue weighted by Crippen LogP contribution is 2.24. The van der Waals surface area contributed by atoms with Gasteiger partial charge in [-0.2, -0.15) is 0 Å². The van der Waals surface area contributed by atoms with Gasteiger partial charge >= 0.3 is 0 Å². The van der Waals surface area contributed by atoms with Gasteiger partial charge in [-0.3, -0.25) is 0 Å². The molecule has 0 saturated heterocycles. The molecule has 0 aliphatic carbocycles. The Bertz CT molecular complexity index is 443. The highest BCUT2D eigenvalue weighted by molar-refractivity contribution is 9.10. The van der Waals surface area contributed by atoms with Crippen LogP contribution in [0.2, 0.25) is 0 Å². The molecule has 0 atom stereocenters. The van der Waals surface area contributed by atoms with Crippen LogP contribution < -0.4 is 0 Å². The van der Waals surface area contributed by atoms with Crippen molar-refractivity contribution in [2.45, 2.75) is 6.61 Å². The molecule has 0 radical (unpaired) electrons. The van der Waals surface area contributed by atoms with Crippen molar-refractivity contribution in [3.63, 3.8) is 0 Å². The Hall–Kier alpha value is -1.20. The summed E-state index contributed by atoms with van der Waals surface area (Å²) in [6, 6.07) is 5.81. The van der Waals surface area contributed by atoms with Gasteiger partial charge in [-0.1, -0.05) is 15.9 Å². The Balaban J connectivity index is 2.38. The van der Waals surface area contributed by atoms with Crippen LogP contribution in [0.5, 0.6) is 0 Å². The van der Waals surface area contributed by atoms with Crippen molar-refractivity contribution < 1.29 is 9.15 Å². The zero-order valence-electron chi connectivity index (χ0n) is 8.11.